The van der Waals surface area contributed by atoms with Crippen LogP contribution in [0.1, 0.15) is 25.3 Å². The van der Waals surface area contributed by atoms with Gasteiger partial charge in [0.1, 0.15) is 0 Å². The summed E-state index contributed by atoms with van der Waals surface area (Å²) in [7, 11) is 0. The molecule has 24 heavy (non-hydrogen) atoms. The van der Waals surface area contributed by atoms with Gasteiger partial charge in [-0.25, -0.2) is 0 Å². The molecule has 1 atom stereocenters. The molecule has 130 valence electrons. The largest absolute Gasteiger partial charge is 0.352 e. The van der Waals surface area contributed by atoms with Crippen LogP contribution in [0.15, 0.2) is 28.7 Å². The lowest BCUT2D eigenvalue weighted by atomic mass is 10.1. The van der Waals surface area contributed by atoms with Crippen LogP contribution in [-0.4, -0.2) is 59.9 Å². The van der Waals surface area contributed by atoms with Crippen LogP contribution in [0.2, 0.25) is 0 Å². The van der Waals surface area contributed by atoms with Crippen LogP contribution in [0.25, 0.3) is 0 Å². The zero-order chi connectivity index (χ0) is 17.1. The van der Waals surface area contributed by atoms with Crippen LogP contribution in [0.3, 0.4) is 0 Å². The second-order valence-electron chi connectivity index (χ2n) is 6.68. The van der Waals surface area contributed by atoms with Gasteiger partial charge in [-0.3, -0.25) is 14.5 Å². The number of halogens is 1. The van der Waals surface area contributed by atoms with Crippen molar-refractivity contribution in [2.24, 2.45) is 0 Å². The predicted octanol–water partition coefficient (Wildman–Crippen LogP) is 1.80. The Hall–Kier alpha value is -1.40. The molecular weight excluding hydrogens is 370 g/mol. The molecular formula is C18H24BrN3O2. The maximum atomic E-state index is 12.4. The van der Waals surface area contributed by atoms with Crippen LogP contribution in [-0.2, 0) is 16.0 Å². The fourth-order valence-corrected chi connectivity index (χ4v) is 3.23. The molecule has 1 saturated heterocycles. The molecule has 2 fully saturated rings. The van der Waals surface area contributed by atoms with Gasteiger partial charge in [0.05, 0.1) is 12.5 Å². The van der Waals surface area contributed by atoms with E-state index in [1.54, 1.807) is 0 Å². The summed E-state index contributed by atoms with van der Waals surface area (Å²) in [4.78, 5) is 28.6. The van der Waals surface area contributed by atoms with Gasteiger partial charge in [-0.1, -0.05) is 28.1 Å². The lowest BCUT2D eigenvalue weighted by molar-refractivity contribution is -0.133. The number of carbonyl (C=O) groups excluding carboxylic acids is 2. The minimum absolute atomic E-state index is 0.116. The molecule has 1 N–H and O–H groups in total. The lowest BCUT2D eigenvalue weighted by Gasteiger charge is -2.37. The Morgan fingerprint density at radius 2 is 1.79 bits per heavy atom. The van der Waals surface area contributed by atoms with Gasteiger partial charge >= 0.3 is 0 Å². The van der Waals surface area contributed by atoms with Gasteiger partial charge in [-0.15, -0.1) is 0 Å². The molecule has 0 spiro atoms. The highest BCUT2D eigenvalue weighted by Gasteiger charge is 2.30. The first-order chi connectivity index (χ1) is 11.5. The van der Waals surface area contributed by atoms with Crippen molar-refractivity contribution in [3.63, 3.8) is 0 Å². The van der Waals surface area contributed by atoms with Gasteiger partial charge in [-0.05, 0) is 37.5 Å². The third kappa shape index (κ3) is 4.57. The zero-order valence-corrected chi connectivity index (χ0v) is 15.6. The monoisotopic (exact) mass is 393 g/mol. The molecule has 1 saturated carbocycles. The second kappa shape index (κ2) is 7.66. The Morgan fingerprint density at radius 3 is 2.38 bits per heavy atom. The number of carbonyl (C=O) groups is 2. The number of piperazine rings is 1. The molecule has 0 bridgehead atoms. The van der Waals surface area contributed by atoms with E-state index in [0.29, 0.717) is 25.6 Å². The first kappa shape index (κ1) is 17.4. The molecule has 0 radical (unpaired) electrons. The van der Waals surface area contributed by atoms with Crippen LogP contribution in [0, 0.1) is 0 Å². The van der Waals surface area contributed by atoms with Crippen molar-refractivity contribution in [1.82, 2.24) is 15.1 Å². The van der Waals surface area contributed by atoms with Crippen LogP contribution >= 0.6 is 15.9 Å². The van der Waals surface area contributed by atoms with Crippen molar-refractivity contribution >= 4 is 27.7 Å². The fraction of sp³-hybridized carbons (Fsp3) is 0.556. The number of nitrogens with zero attached hydrogens (tertiary/aromatic N) is 2. The summed E-state index contributed by atoms with van der Waals surface area (Å²) in [5.74, 6) is 0.277. The van der Waals surface area contributed by atoms with Crippen molar-refractivity contribution in [2.75, 3.05) is 26.2 Å². The van der Waals surface area contributed by atoms with E-state index in [9.17, 15) is 9.59 Å². The summed E-state index contributed by atoms with van der Waals surface area (Å²) < 4.78 is 1.02. The van der Waals surface area contributed by atoms with Crippen molar-refractivity contribution in [3.05, 3.63) is 34.3 Å². The number of rotatable bonds is 5. The maximum Gasteiger partial charge on any atom is 0.237 e. The highest BCUT2D eigenvalue weighted by atomic mass is 79.9. The topological polar surface area (TPSA) is 52.7 Å². The summed E-state index contributed by atoms with van der Waals surface area (Å²) >= 11 is 3.41. The number of benzene rings is 1. The van der Waals surface area contributed by atoms with E-state index in [-0.39, 0.29) is 17.9 Å². The van der Waals surface area contributed by atoms with Crippen LogP contribution < -0.4 is 5.32 Å². The van der Waals surface area contributed by atoms with Crippen LogP contribution in [0.5, 0.6) is 0 Å². The Balaban J connectivity index is 1.46. The quantitative estimate of drug-likeness (QED) is 0.829. The van der Waals surface area contributed by atoms with E-state index in [1.165, 1.54) is 0 Å². The molecule has 0 aromatic heterocycles. The van der Waals surface area contributed by atoms with Gasteiger partial charge in [0.15, 0.2) is 0 Å². The molecule has 2 amide bonds. The van der Waals surface area contributed by atoms with E-state index in [1.807, 2.05) is 36.1 Å². The number of amides is 2. The molecule has 1 aromatic carbocycles. The predicted molar refractivity (Wildman–Crippen MR) is 96.6 cm³/mol. The third-order valence-electron chi connectivity index (χ3n) is 4.79. The number of hydrogen-bond donors (Lipinski definition) is 1. The van der Waals surface area contributed by atoms with Gasteiger partial charge in [0.25, 0.3) is 0 Å². The van der Waals surface area contributed by atoms with Crippen molar-refractivity contribution in [3.8, 4) is 0 Å². The third-order valence-corrected chi connectivity index (χ3v) is 5.32. The molecule has 1 unspecified atom stereocenters. The molecule has 5 nitrogen and oxygen atoms in total. The van der Waals surface area contributed by atoms with E-state index >= 15 is 0 Å². The van der Waals surface area contributed by atoms with Gasteiger partial charge in [0, 0.05) is 36.7 Å². The van der Waals surface area contributed by atoms with E-state index in [4.69, 9.17) is 0 Å². The van der Waals surface area contributed by atoms with E-state index in [2.05, 4.69) is 26.1 Å². The average molecular weight is 394 g/mol. The number of hydrogen-bond acceptors (Lipinski definition) is 3. The van der Waals surface area contributed by atoms with Crippen LogP contribution in [0.4, 0.5) is 0 Å². The fourth-order valence-electron chi connectivity index (χ4n) is 2.96. The Labute approximate surface area is 151 Å². The lowest BCUT2D eigenvalue weighted by Crippen LogP contribution is -2.55. The van der Waals surface area contributed by atoms with Crippen molar-refractivity contribution in [2.45, 2.75) is 38.3 Å². The summed E-state index contributed by atoms with van der Waals surface area (Å²) in [5.41, 5.74) is 1.03. The molecule has 1 aromatic rings. The summed E-state index contributed by atoms with van der Waals surface area (Å²) in [5, 5.41) is 3.06. The van der Waals surface area contributed by atoms with Gasteiger partial charge < -0.3 is 10.2 Å². The molecule has 1 heterocycles. The molecule has 1 aliphatic carbocycles. The smallest absolute Gasteiger partial charge is 0.237 e. The minimum atomic E-state index is -0.116. The maximum absolute atomic E-state index is 12.4. The van der Waals surface area contributed by atoms with Crippen molar-refractivity contribution in [1.29, 1.82) is 0 Å². The zero-order valence-electron chi connectivity index (χ0n) is 14.0. The molecule has 2 aliphatic rings. The SMILES string of the molecule is CC(C(=O)NC1CC1)N1CCN(C(=O)Cc2ccc(Br)cc2)CC1. The van der Waals surface area contributed by atoms with E-state index in [0.717, 1.165) is 36.0 Å². The minimum Gasteiger partial charge on any atom is -0.352 e. The average Bonchev–Trinajstić information content (AvgIpc) is 3.40. The van der Waals surface area contributed by atoms with E-state index < -0.39 is 0 Å². The molecule has 3 rings (SSSR count). The first-order valence-electron chi connectivity index (χ1n) is 8.59. The second-order valence-corrected chi connectivity index (χ2v) is 7.59. The summed E-state index contributed by atoms with van der Waals surface area (Å²) in [6, 6.07) is 8.15. The summed E-state index contributed by atoms with van der Waals surface area (Å²) in [6.45, 7) is 4.85. The van der Waals surface area contributed by atoms with Gasteiger partial charge in [0.2, 0.25) is 11.8 Å². The molecule has 6 heteroatoms. The molecule has 1 aliphatic heterocycles. The van der Waals surface area contributed by atoms with Gasteiger partial charge in [-0.2, -0.15) is 0 Å². The number of nitrogens with one attached hydrogen (secondary N) is 1. The highest BCUT2D eigenvalue weighted by molar-refractivity contribution is 9.10. The Morgan fingerprint density at radius 1 is 1.17 bits per heavy atom. The normalized spacial score (nSPS) is 19.8. The standard InChI is InChI=1S/C18H24BrN3O2/c1-13(18(24)20-16-6-7-16)21-8-10-22(11-9-21)17(23)12-14-2-4-15(19)5-3-14/h2-5,13,16H,6-12H2,1H3,(H,20,24). The Kier molecular flexibility index (Phi) is 5.56. The Bertz CT molecular complexity index is 593. The van der Waals surface area contributed by atoms with Crippen molar-refractivity contribution < 1.29 is 9.59 Å². The summed E-state index contributed by atoms with van der Waals surface area (Å²) in [6.07, 6.45) is 2.65. The first-order valence-corrected chi connectivity index (χ1v) is 9.39. The highest BCUT2D eigenvalue weighted by Crippen LogP contribution is 2.19.